The lowest BCUT2D eigenvalue weighted by Gasteiger charge is -2.40. The molecule has 1 N–H and O–H groups in total. The van der Waals surface area contributed by atoms with Gasteiger partial charge in [-0.05, 0) is 39.3 Å². The van der Waals surface area contributed by atoms with Crippen molar-refractivity contribution in [2.24, 2.45) is 0 Å². The second-order valence-corrected chi connectivity index (χ2v) is 5.62. The Morgan fingerprint density at radius 3 is 2.58 bits per heavy atom. The first kappa shape index (κ1) is 15.6. The van der Waals surface area contributed by atoms with Crippen LogP contribution in [0.4, 0.5) is 4.39 Å². The molecule has 0 bridgehead atoms. The second-order valence-electron chi connectivity index (χ2n) is 5.62. The summed E-state index contributed by atoms with van der Waals surface area (Å²) in [5.41, 5.74) is 0.543. The topological polar surface area (TPSA) is 53.4 Å². The highest BCUT2D eigenvalue weighted by Gasteiger charge is 2.27. The van der Waals surface area contributed by atoms with Crippen LogP contribution in [-0.2, 0) is 4.79 Å². The number of hydrogen-bond donors (Lipinski definition) is 1. The van der Waals surface area contributed by atoms with E-state index in [0.29, 0.717) is 6.54 Å². The van der Waals surface area contributed by atoms with Crippen LogP contribution in [0.1, 0.15) is 45.7 Å². The highest BCUT2D eigenvalue weighted by molar-refractivity contribution is 5.66. The Bertz CT molecular complexity index is 443. The summed E-state index contributed by atoms with van der Waals surface area (Å²) in [6.07, 6.45) is 2.84. The zero-order valence-corrected chi connectivity index (χ0v) is 11.9. The highest BCUT2D eigenvalue weighted by Crippen LogP contribution is 2.27. The lowest BCUT2D eigenvalue weighted by Crippen LogP contribution is -2.44. The molecule has 0 aromatic carbocycles. The summed E-state index contributed by atoms with van der Waals surface area (Å²) in [5.74, 6) is -1.21. The fourth-order valence-corrected chi connectivity index (χ4v) is 2.16. The largest absolute Gasteiger partial charge is 0.481 e. The molecule has 1 atom stereocenters. The third-order valence-corrected chi connectivity index (χ3v) is 3.10. The molecule has 0 aliphatic heterocycles. The minimum Gasteiger partial charge on any atom is -0.481 e. The van der Waals surface area contributed by atoms with E-state index >= 15 is 0 Å². The molecule has 1 aromatic heterocycles. The zero-order valence-electron chi connectivity index (χ0n) is 11.9. The normalized spacial score (nSPS) is 13.6. The van der Waals surface area contributed by atoms with Gasteiger partial charge >= 0.3 is 5.97 Å². The molecule has 0 saturated heterocycles. The van der Waals surface area contributed by atoms with Crippen molar-refractivity contribution in [2.75, 3.05) is 6.54 Å². The van der Waals surface area contributed by atoms with Gasteiger partial charge in [-0.3, -0.25) is 14.7 Å². The van der Waals surface area contributed by atoms with Gasteiger partial charge in [0.15, 0.2) is 0 Å². The molecule has 1 heterocycles. The Kier molecular flexibility index (Phi) is 5.00. The minimum absolute atomic E-state index is 0.0599. The molecule has 106 valence electrons. The average Bonchev–Trinajstić information content (AvgIpc) is 2.26. The number of pyridine rings is 1. The lowest BCUT2D eigenvalue weighted by atomic mass is 9.99. The first-order chi connectivity index (χ1) is 8.71. The molecular formula is C14H21FN2O2. The quantitative estimate of drug-likeness (QED) is 0.892. The van der Waals surface area contributed by atoms with Crippen LogP contribution in [-0.4, -0.2) is 33.0 Å². The molecule has 0 amide bonds. The fourth-order valence-electron chi connectivity index (χ4n) is 2.16. The summed E-state index contributed by atoms with van der Waals surface area (Å²) in [7, 11) is 0. The number of halogens is 1. The van der Waals surface area contributed by atoms with Gasteiger partial charge in [0.2, 0.25) is 0 Å². The standard InChI is InChI=1S/C14H21FN2O2/c1-10(11-7-12(15)9-16-8-11)17(14(2,3)4)6-5-13(18)19/h7-10H,5-6H2,1-4H3,(H,18,19). The maximum absolute atomic E-state index is 13.2. The lowest BCUT2D eigenvalue weighted by molar-refractivity contribution is -0.137. The van der Waals surface area contributed by atoms with Crippen LogP contribution < -0.4 is 0 Å². The van der Waals surface area contributed by atoms with Crippen LogP contribution >= 0.6 is 0 Å². The smallest absolute Gasteiger partial charge is 0.304 e. The van der Waals surface area contributed by atoms with Gasteiger partial charge in [0, 0.05) is 24.3 Å². The van der Waals surface area contributed by atoms with Gasteiger partial charge in [-0.1, -0.05) is 0 Å². The van der Waals surface area contributed by atoms with Crippen molar-refractivity contribution in [1.29, 1.82) is 0 Å². The summed E-state index contributed by atoms with van der Waals surface area (Å²) in [6.45, 7) is 8.38. The predicted molar refractivity (Wildman–Crippen MR) is 71.3 cm³/mol. The molecular weight excluding hydrogens is 247 g/mol. The van der Waals surface area contributed by atoms with Crippen LogP contribution in [0, 0.1) is 5.82 Å². The third-order valence-electron chi connectivity index (χ3n) is 3.10. The van der Waals surface area contributed by atoms with Gasteiger partial charge in [0.1, 0.15) is 5.82 Å². The van der Waals surface area contributed by atoms with Gasteiger partial charge in [0.25, 0.3) is 0 Å². The van der Waals surface area contributed by atoms with Crippen molar-refractivity contribution < 1.29 is 14.3 Å². The van der Waals surface area contributed by atoms with Gasteiger partial charge < -0.3 is 5.11 Å². The molecule has 4 nitrogen and oxygen atoms in total. The van der Waals surface area contributed by atoms with Crippen LogP contribution in [0.15, 0.2) is 18.5 Å². The summed E-state index contributed by atoms with van der Waals surface area (Å²) in [4.78, 5) is 16.6. The maximum Gasteiger partial charge on any atom is 0.304 e. The molecule has 1 aromatic rings. The van der Waals surface area contributed by atoms with Crippen LogP contribution in [0.25, 0.3) is 0 Å². The maximum atomic E-state index is 13.2. The predicted octanol–water partition coefficient (Wildman–Crippen LogP) is 2.86. The molecule has 1 rings (SSSR count). The van der Waals surface area contributed by atoms with Crippen LogP contribution in [0.5, 0.6) is 0 Å². The molecule has 0 saturated carbocycles. The van der Waals surface area contributed by atoms with E-state index in [0.717, 1.165) is 11.8 Å². The van der Waals surface area contributed by atoms with E-state index in [1.165, 1.54) is 6.07 Å². The number of aromatic nitrogens is 1. The van der Waals surface area contributed by atoms with Crippen molar-refractivity contribution in [3.63, 3.8) is 0 Å². The number of aliphatic carboxylic acids is 1. The monoisotopic (exact) mass is 268 g/mol. The summed E-state index contributed by atoms with van der Waals surface area (Å²) >= 11 is 0. The second kappa shape index (κ2) is 6.10. The van der Waals surface area contributed by atoms with E-state index in [-0.39, 0.29) is 23.8 Å². The van der Waals surface area contributed by atoms with Gasteiger partial charge in [-0.25, -0.2) is 4.39 Å². The Balaban J connectivity index is 2.94. The SMILES string of the molecule is CC(c1cncc(F)c1)N(CCC(=O)O)C(C)(C)C. The van der Waals surface area contributed by atoms with E-state index in [1.807, 2.05) is 32.6 Å². The number of hydrogen-bond acceptors (Lipinski definition) is 3. The van der Waals surface area contributed by atoms with Crippen molar-refractivity contribution in [1.82, 2.24) is 9.88 Å². The molecule has 0 spiro atoms. The van der Waals surface area contributed by atoms with Crippen molar-refractivity contribution >= 4 is 5.97 Å². The minimum atomic E-state index is -0.834. The Morgan fingerprint density at radius 2 is 2.11 bits per heavy atom. The molecule has 0 radical (unpaired) electrons. The molecule has 5 heteroatoms. The summed E-state index contributed by atoms with van der Waals surface area (Å²) in [6, 6.07) is 1.35. The summed E-state index contributed by atoms with van der Waals surface area (Å²) < 4.78 is 13.2. The van der Waals surface area contributed by atoms with Crippen molar-refractivity contribution in [3.05, 3.63) is 29.8 Å². The van der Waals surface area contributed by atoms with Gasteiger partial charge in [0.05, 0.1) is 12.6 Å². The first-order valence-corrected chi connectivity index (χ1v) is 6.31. The number of carboxylic acids is 1. The van der Waals surface area contributed by atoms with E-state index in [9.17, 15) is 9.18 Å². The zero-order chi connectivity index (χ0) is 14.6. The van der Waals surface area contributed by atoms with Crippen molar-refractivity contribution in [2.45, 2.75) is 45.7 Å². The fraction of sp³-hybridized carbons (Fsp3) is 0.571. The van der Waals surface area contributed by atoms with Crippen LogP contribution in [0.2, 0.25) is 0 Å². The molecule has 0 fully saturated rings. The van der Waals surface area contributed by atoms with E-state index in [2.05, 4.69) is 4.98 Å². The third kappa shape index (κ3) is 4.59. The van der Waals surface area contributed by atoms with E-state index < -0.39 is 5.97 Å². The Labute approximate surface area is 113 Å². The number of rotatable bonds is 5. The van der Waals surface area contributed by atoms with Crippen molar-refractivity contribution in [3.8, 4) is 0 Å². The highest BCUT2D eigenvalue weighted by atomic mass is 19.1. The van der Waals surface area contributed by atoms with Gasteiger partial charge in [-0.15, -0.1) is 0 Å². The molecule has 19 heavy (non-hydrogen) atoms. The Morgan fingerprint density at radius 1 is 1.47 bits per heavy atom. The number of nitrogens with zero attached hydrogens (tertiary/aromatic N) is 2. The van der Waals surface area contributed by atoms with Crippen LogP contribution in [0.3, 0.4) is 0 Å². The molecule has 0 aliphatic carbocycles. The summed E-state index contributed by atoms with van der Waals surface area (Å²) in [5, 5.41) is 8.83. The van der Waals surface area contributed by atoms with E-state index in [4.69, 9.17) is 5.11 Å². The first-order valence-electron chi connectivity index (χ1n) is 6.31. The molecule has 1 unspecified atom stereocenters. The molecule has 0 aliphatic rings. The number of carbonyl (C=O) groups is 1. The van der Waals surface area contributed by atoms with E-state index in [1.54, 1.807) is 6.20 Å². The Hall–Kier alpha value is -1.49. The number of carboxylic acid groups (broad SMARTS) is 1. The van der Waals surface area contributed by atoms with Gasteiger partial charge in [-0.2, -0.15) is 0 Å². The average molecular weight is 268 g/mol.